The summed E-state index contributed by atoms with van der Waals surface area (Å²) in [4.78, 5) is 24.4. The largest absolute Gasteiger partial charge is 0.481 e. The zero-order chi connectivity index (χ0) is 21.6. The Morgan fingerprint density at radius 3 is 2.30 bits per heavy atom. The Hall–Kier alpha value is -2.88. The predicted octanol–water partition coefficient (Wildman–Crippen LogP) is 2.78. The molecule has 0 unspecified atom stereocenters. The van der Waals surface area contributed by atoms with E-state index in [1.54, 1.807) is 13.8 Å². The number of nitrogens with one attached hydrogen (secondary N) is 2. The Morgan fingerprint density at radius 2 is 1.73 bits per heavy atom. The summed E-state index contributed by atoms with van der Waals surface area (Å²) < 4.78 is 32.5. The van der Waals surface area contributed by atoms with Crippen LogP contribution in [0, 0.1) is 37.5 Å². The highest BCUT2D eigenvalue weighted by atomic mass is 32.2. The summed E-state index contributed by atoms with van der Waals surface area (Å²) >= 11 is 0. The third-order valence-electron chi connectivity index (χ3n) is 6.32. The van der Waals surface area contributed by atoms with E-state index in [4.69, 9.17) is 4.52 Å². The topological polar surface area (TPSA) is 139 Å². The highest BCUT2D eigenvalue weighted by molar-refractivity contribution is 7.92. The Morgan fingerprint density at radius 1 is 1.10 bits per heavy atom. The number of carbonyl (C=O) groups excluding carboxylic acids is 1. The molecule has 4 rings (SSSR count). The lowest BCUT2D eigenvalue weighted by Crippen LogP contribution is -2.37. The van der Waals surface area contributed by atoms with Crippen molar-refractivity contribution in [3.05, 3.63) is 35.5 Å². The summed E-state index contributed by atoms with van der Waals surface area (Å²) in [5.41, 5.74) is 1.60. The molecule has 30 heavy (non-hydrogen) atoms. The number of rotatable bonds is 6. The number of carbonyl (C=O) groups is 2. The van der Waals surface area contributed by atoms with Crippen molar-refractivity contribution in [2.24, 2.45) is 23.7 Å². The monoisotopic (exact) mass is 433 g/mol. The second-order valence-electron chi connectivity index (χ2n) is 8.06. The number of sulfonamides is 1. The third kappa shape index (κ3) is 3.55. The van der Waals surface area contributed by atoms with E-state index >= 15 is 0 Å². The molecule has 2 fully saturated rings. The maximum absolute atomic E-state index is 12.8. The zero-order valence-electron chi connectivity index (χ0n) is 16.6. The van der Waals surface area contributed by atoms with Gasteiger partial charge in [-0.3, -0.25) is 9.59 Å². The number of fused-ring (bicyclic) bond motifs is 2. The first kappa shape index (κ1) is 20.4. The minimum Gasteiger partial charge on any atom is -0.481 e. The predicted molar refractivity (Wildman–Crippen MR) is 107 cm³/mol. The molecule has 2 aliphatic carbocycles. The lowest BCUT2D eigenvalue weighted by atomic mass is 9.78. The highest BCUT2D eigenvalue weighted by Crippen LogP contribution is 2.52. The number of aliphatic carboxylic acids is 1. The van der Waals surface area contributed by atoms with Crippen molar-refractivity contribution in [1.29, 1.82) is 0 Å². The van der Waals surface area contributed by atoms with E-state index in [-0.39, 0.29) is 28.5 Å². The van der Waals surface area contributed by atoms with Gasteiger partial charge in [0.15, 0.2) is 0 Å². The van der Waals surface area contributed by atoms with Crippen molar-refractivity contribution in [3.8, 4) is 0 Å². The maximum atomic E-state index is 12.8. The summed E-state index contributed by atoms with van der Waals surface area (Å²) in [6, 6.07) is 5.69. The van der Waals surface area contributed by atoms with Crippen molar-refractivity contribution < 1.29 is 27.6 Å². The van der Waals surface area contributed by atoms with Crippen LogP contribution >= 0.6 is 0 Å². The van der Waals surface area contributed by atoms with Crippen LogP contribution < -0.4 is 10.0 Å². The number of aromatic nitrogens is 1. The minimum absolute atomic E-state index is 0.00251. The van der Waals surface area contributed by atoms with Crippen molar-refractivity contribution in [3.63, 3.8) is 0 Å². The van der Waals surface area contributed by atoms with Gasteiger partial charge in [0.1, 0.15) is 0 Å². The van der Waals surface area contributed by atoms with Gasteiger partial charge in [-0.15, -0.1) is 0 Å². The quantitative estimate of drug-likeness (QED) is 0.636. The number of carboxylic acid groups (broad SMARTS) is 1. The van der Waals surface area contributed by atoms with Gasteiger partial charge in [0.25, 0.3) is 10.0 Å². The standard InChI is InChI=1S/C20H23N3O6S/c1-10-11(2)22-29-19(10)23-30(27,28)15-7-5-14(6-8-15)21-18(24)16-12-3-4-13(9-12)17(16)20(25)26/h5-8,12-13,16-17,23H,3-4,9H2,1-2H3,(H,21,24)(H,25,26)/t12-,13-,16+,17-/m0/s1. The molecule has 160 valence electrons. The van der Waals surface area contributed by atoms with Crippen molar-refractivity contribution in [1.82, 2.24) is 5.16 Å². The van der Waals surface area contributed by atoms with Gasteiger partial charge in [-0.25, -0.2) is 13.1 Å². The summed E-state index contributed by atoms with van der Waals surface area (Å²) in [5, 5.41) is 16.0. The molecule has 4 atom stereocenters. The summed E-state index contributed by atoms with van der Waals surface area (Å²) in [7, 11) is -3.88. The molecule has 1 aromatic heterocycles. The van der Waals surface area contributed by atoms with Gasteiger partial charge in [-0.1, -0.05) is 5.16 Å². The van der Waals surface area contributed by atoms with Crippen LogP contribution in [-0.2, 0) is 19.6 Å². The lowest BCUT2D eigenvalue weighted by molar-refractivity contribution is -0.148. The molecule has 0 saturated heterocycles. The lowest BCUT2D eigenvalue weighted by Gasteiger charge is -2.27. The Balaban J connectivity index is 1.46. The van der Waals surface area contributed by atoms with Gasteiger partial charge in [-0.2, -0.15) is 0 Å². The van der Waals surface area contributed by atoms with Crippen LogP contribution in [0.3, 0.4) is 0 Å². The van der Waals surface area contributed by atoms with Crippen LogP contribution in [0.1, 0.15) is 30.5 Å². The molecular formula is C20H23N3O6S. The second kappa shape index (κ2) is 7.42. The van der Waals surface area contributed by atoms with E-state index in [2.05, 4.69) is 15.2 Å². The molecule has 9 nitrogen and oxygen atoms in total. The molecule has 1 aromatic carbocycles. The summed E-state index contributed by atoms with van der Waals surface area (Å²) in [6.07, 6.45) is 2.50. The summed E-state index contributed by atoms with van der Waals surface area (Å²) in [6.45, 7) is 3.40. The number of carboxylic acids is 1. The first-order chi connectivity index (χ1) is 14.2. The van der Waals surface area contributed by atoms with Crippen LogP contribution in [0.2, 0.25) is 0 Å². The van der Waals surface area contributed by atoms with Crippen molar-refractivity contribution in [2.75, 3.05) is 10.0 Å². The van der Waals surface area contributed by atoms with Crippen LogP contribution in [0.25, 0.3) is 0 Å². The molecule has 0 spiro atoms. The fourth-order valence-electron chi connectivity index (χ4n) is 4.66. The summed E-state index contributed by atoms with van der Waals surface area (Å²) in [5.74, 6) is -2.24. The normalized spacial score (nSPS) is 25.3. The Kier molecular flexibility index (Phi) is 5.05. The van der Waals surface area contributed by atoms with Crippen LogP contribution in [0.15, 0.2) is 33.7 Å². The first-order valence-corrected chi connectivity index (χ1v) is 11.2. The molecule has 0 aliphatic heterocycles. The fraction of sp³-hybridized carbons (Fsp3) is 0.450. The SMILES string of the molecule is Cc1noc(NS(=O)(=O)c2ccc(NC(=O)[C@@H]3[C@H]4CC[C@@H](C4)[C@@H]3C(=O)O)cc2)c1C. The van der Waals surface area contributed by atoms with Gasteiger partial charge in [0.2, 0.25) is 11.8 Å². The number of benzene rings is 1. The molecule has 2 aliphatic rings. The van der Waals surface area contributed by atoms with Crippen LogP contribution in [0.4, 0.5) is 11.6 Å². The van der Waals surface area contributed by atoms with E-state index in [1.807, 2.05) is 0 Å². The molecule has 0 radical (unpaired) electrons. The first-order valence-electron chi connectivity index (χ1n) is 9.77. The molecule has 2 aromatic rings. The van der Waals surface area contributed by atoms with Crippen LogP contribution in [-0.4, -0.2) is 30.6 Å². The molecule has 3 N–H and O–H groups in total. The van der Waals surface area contributed by atoms with Crippen LogP contribution in [0.5, 0.6) is 0 Å². The van der Waals surface area contributed by atoms with Gasteiger partial charge in [-0.05, 0) is 69.2 Å². The van der Waals surface area contributed by atoms with E-state index in [1.165, 1.54) is 24.3 Å². The fourth-order valence-corrected chi connectivity index (χ4v) is 5.71. The molecule has 10 heteroatoms. The second-order valence-corrected chi connectivity index (χ2v) is 9.75. The Labute approximate surface area is 173 Å². The number of hydrogen-bond donors (Lipinski definition) is 3. The molecular weight excluding hydrogens is 410 g/mol. The van der Waals surface area contributed by atoms with E-state index in [9.17, 15) is 23.1 Å². The number of anilines is 2. The number of hydrogen-bond acceptors (Lipinski definition) is 6. The number of nitrogens with zero attached hydrogens (tertiary/aromatic N) is 1. The average Bonchev–Trinajstić information content (AvgIpc) is 3.39. The minimum atomic E-state index is -3.88. The molecule has 2 bridgehead atoms. The number of aryl methyl sites for hydroxylation is 1. The zero-order valence-corrected chi connectivity index (χ0v) is 17.4. The Bertz CT molecular complexity index is 1090. The molecule has 1 heterocycles. The van der Waals surface area contributed by atoms with Gasteiger partial charge in [0, 0.05) is 11.3 Å². The molecule has 2 saturated carbocycles. The van der Waals surface area contributed by atoms with Gasteiger partial charge >= 0.3 is 5.97 Å². The van der Waals surface area contributed by atoms with Crippen molar-refractivity contribution >= 4 is 33.5 Å². The van der Waals surface area contributed by atoms with E-state index in [0.717, 1.165) is 19.3 Å². The highest BCUT2D eigenvalue weighted by Gasteiger charge is 2.53. The van der Waals surface area contributed by atoms with Gasteiger partial charge in [0.05, 0.1) is 22.4 Å². The molecule has 1 amide bonds. The van der Waals surface area contributed by atoms with E-state index < -0.39 is 27.8 Å². The third-order valence-corrected chi connectivity index (χ3v) is 7.67. The van der Waals surface area contributed by atoms with E-state index in [0.29, 0.717) is 16.9 Å². The smallest absolute Gasteiger partial charge is 0.307 e. The van der Waals surface area contributed by atoms with Gasteiger partial charge < -0.3 is 14.9 Å². The van der Waals surface area contributed by atoms with Crippen molar-refractivity contribution in [2.45, 2.75) is 38.0 Å². The average molecular weight is 433 g/mol. The number of amides is 1. The maximum Gasteiger partial charge on any atom is 0.307 e.